The van der Waals surface area contributed by atoms with E-state index in [1.54, 1.807) is 28.2 Å². The molecule has 0 saturated heterocycles. The Morgan fingerprint density at radius 3 is 2.63 bits per heavy atom. The van der Waals surface area contributed by atoms with E-state index in [4.69, 9.17) is 14.2 Å². The van der Waals surface area contributed by atoms with Crippen LogP contribution in [-0.2, 0) is 11.3 Å². The molecule has 2 aromatic rings. The summed E-state index contributed by atoms with van der Waals surface area (Å²) in [7, 11) is 4.94. The van der Waals surface area contributed by atoms with Crippen LogP contribution >= 0.6 is 35.3 Å². The molecule has 0 radical (unpaired) electrons. The molecule has 8 nitrogen and oxygen atoms in total. The highest BCUT2D eigenvalue weighted by molar-refractivity contribution is 14.0. The first kappa shape index (κ1) is 26.0. The average molecular weight is 548 g/mol. The number of aryl methyl sites for hydroxylation is 1. The summed E-state index contributed by atoms with van der Waals surface area (Å²) in [4.78, 5) is 21.3. The van der Waals surface area contributed by atoms with Crippen LogP contribution in [0.25, 0.3) is 0 Å². The van der Waals surface area contributed by atoms with Gasteiger partial charge >= 0.3 is 5.97 Å². The Morgan fingerprint density at radius 2 is 2.03 bits per heavy atom. The summed E-state index contributed by atoms with van der Waals surface area (Å²) in [5.41, 5.74) is 1.64. The number of halogens is 1. The summed E-state index contributed by atoms with van der Waals surface area (Å²) < 4.78 is 15.7. The average Bonchev–Trinajstić information content (AvgIpc) is 3.12. The first-order valence-electron chi connectivity index (χ1n) is 9.25. The molecule has 166 valence electrons. The number of aliphatic imine (C=N–C) groups is 1. The minimum atomic E-state index is -0.338. The molecule has 0 fully saturated rings. The van der Waals surface area contributed by atoms with Gasteiger partial charge in [-0.1, -0.05) is 0 Å². The zero-order valence-corrected chi connectivity index (χ0v) is 21.2. The van der Waals surface area contributed by atoms with Crippen molar-refractivity contribution in [1.29, 1.82) is 0 Å². The van der Waals surface area contributed by atoms with Crippen LogP contribution in [0.3, 0.4) is 0 Å². The van der Waals surface area contributed by atoms with Gasteiger partial charge in [-0.15, -0.1) is 35.3 Å². The van der Waals surface area contributed by atoms with Crippen molar-refractivity contribution in [2.24, 2.45) is 4.99 Å². The highest BCUT2D eigenvalue weighted by Gasteiger charge is 2.20. The second-order valence-corrected chi connectivity index (χ2v) is 7.19. The number of thiazole rings is 1. The van der Waals surface area contributed by atoms with Gasteiger partial charge in [0.1, 0.15) is 21.4 Å². The van der Waals surface area contributed by atoms with E-state index in [-0.39, 0.29) is 36.0 Å². The fourth-order valence-electron chi connectivity index (χ4n) is 2.63. The normalized spacial score (nSPS) is 11.9. The van der Waals surface area contributed by atoms with E-state index in [0.717, 1.165) is 22.1 Å². The fourth-order valence-corrected chi connectivity index (χ4v) is 3.59. The second-order valence-electron chi connectivity index (χ2n) is 6.16. The Bertz CT molecular complexity index is 872. The number of guanidine groups is 1. The number of hydrogen-bond donors (Lipinski definition) is 2. The molecule has 30 heavy (non-hydrogen) atoms. The van der Waals surface area contributed by atoms with Gasteiger partial charge in [0, 0.05) is 25.2 Å². The van der Waals surface area contributed by atoms with E-state index in [1.165, 1.54) is 11.3 Å². The number of ether oxygens (including phenoxy) is 3. The predicted octanol–water partition coefficient (Wildman–Crippen LogP) is 3.69. The van der Waals surface area contributed by atoms with E-state index < -0.39 is 0 Å². The smallest absolute Gasteiger partial charge is 0.350 e. The lowest BCUT2D eigenvalue weighted by molar-refractivity contribution is 0.0531. The third kappa shape index (κ3) is 6.73. The number of hydrogen-bond acceptors (Lipinski definition) is 7. The van der Waals surface area contributed by atoms with Crippen LogP contribution in [0.4, 0.5) is 0 Å². The van der Waals surface area contributed by atoms with Crippen LogP contribution in [0.1, 0.15) is 45.8 Å². The Kier molecular flexibility index (Phi) is 10.9. The van der Waals surface area contributed by atoms with Gasteiger partial charge in [-0.25, -0.2) is 9.78 Å². The quantitative estimate of drug-likeness (QED) is 0.225. The third-order valence-corrected chi connectivity index (χ3v) is 5.48. The highest BCUT2D eigenvalue weighted by atomic mass is 127. The van der Waals surface area contributed by atoms with Gasteiger partial charge < -0.3 is 24.8 Å². The number of carbonyl (C=O) groups excluding carboxylic acids is 1. The Balaban J connectivity index is 0.00000450. The summed E-state index contributed by atoms with van der Waals surface area (Å²) in [6.45, 7) is 6.41. The molecule has 0 aliphatic heterocycles. The maximum atomic E-state index is 12.0. The Hall–Kier alpha value is -2.08. The molecule has 10 heteroatoms. The highest BCUT2D eigenvalue weighted by Crippen LogP contribution is 2.25. The molecule has 0 bridgehead atoms. The maximum absolute atomic E-state index is 12.0. The summed E-state index contributed by atoms with van der Waals surface area (Å²) in [6, 6.07) is 5.53. The van der Waals surface area contributed by atoms with Crippen molar-refractivity contribution in [2.75, 3.05) is 27.9 Å². The molecule has 0 amide bonds. The zero-order valence-electron chi connectivity index (χ0n) is 18.1. The molecule has 0 spiro atoms. The summed E-state index contributed by atoms with van der Waals surface area (Å²) >= 11 is 1.33. The molecular formula is C20H29IN4O4S. The molecule has 1 unspecified atom stereocenters. The molecular weight excluding hydrogens is 519 g/mol. The van der Waals surface area contributed by atoms with Crippen molar-refractivity contribution in [1.82, 2.24) is 15.6 Å². The molecule has 0 aliphatic rings. The number of aromatic nitrogens is 1. The third-order valence-electron chi connectivity index (χ3n) is 4.16. The summed E-state index contributed by atoms with van der Waals surface area (Å²) in [5, 5.41) is 7.35. The number of rotatable bonds is 8. The van der Waals surface area contributed by atoms with Gasteiger partial charge in [-0.3, -0.25) is 4.99 Å². The van der Waals surface area contributed by atoms with Crippen LogP contribution in [0.15, 0.2) is 23.2 Å². The van der Waals surface area contributed by atoms with E-state index >= 15 is 0 Å². The number of esters is 1. The fraction of sp³-hybridized carbons (Fsp3) is 0.450. The molecule has 1 atom stereocenters. The molecule has 2 rings (SSSR count). The van der Waals surface area contributed by atoms with Crippen LogP contribution in [0.2, 0.25) is 0 Å². The van der Waals surface area contributed by atoms with Crippen LogP contribution in [0.5, 0.6) is 11.5 Å². The van der Waals surface area contributed by atoms with E-state index in [2.05, 4.69) is 20.6 Å². The van der Waals surface area contributed by atoms with E-state index in [1.807, 2.05) is 32.0 Å². The first-order valence-corrected chi connectivity index (χ1v) is 10.1. The number of methoxy groups -OCH3 is 2. The number of carbonyl (C=O) groups is 1. The summed E-state index contributed by atoms with van der Waals surface area (Å²) in [6.07, 6.45) is 0. The maximum Gasteiger partial charge on any atom is 0.350 e. The number of benzene rings is 1. The Morgan fingerprint density at radius 1 is 1.30 bits per heavy atom. The van der Waals surface area contributed by atoms with Crippen molar-refractivity contribution in [2.45, 2.75) is 33.4 Å². The van der Waals surface area contributed by atoms with Gasteiger partial charge in [-0.2, -0.15) is 0 Å². The van der Waals surface area contributed by atoms with Crippen molar-refractivity contribution in [3.8, 4) is 11.5 Å². The van der Waals surface area contributed by atoms with E-state index in [0.29, 0.717) is 29.7 Å². The molecule has 0 aliphatic carbocycles. The van der Waals surface area contributed by atoms with Crippen LogP contribution in [-0.4, -0.2) is 44.8 Å². The Labute approximate surface area is 198 Å². The van der Waals surface area contributed by atoms with Crippen molar-refractivity contribution in [3.63, 3.8) is 0 Å². The van der Waals surface area contributed by atoms with Gasteiger partial charge in [0.2, 0.25) is 0 Å². The molecule has 1 aromatic carbocycles. The van der Waals surface area contributed by atoms with Gasteiger partial charge in [0.15, 0.2) is 5.96 Å². The lowest BCUT2D eigenvalue weighted by atomic mass is 10.2. The standard InChI is InChI=1S/C20H28N4O4S.HI/c1-7-28-19(25)17-12(2)23-18(29-17)13(3)24-20(21-4)22-11-14-8-9-15(26-5)10-16(14)27-6;/h8-10,13H,7,11H2,1-6H3,(H2,21,22,24);1H. The van der Waals surface area contributed by atoms with Crippen LogP contribution in [0, 0.1) is 6.92 Å². The van der Waals surface area contributed by atoms with Gasteiger partial charge in [0.05, 0.1) is 32.6 Å². The number of nitrogens with zero attached hydrogens (tertiary/aromatic N) is 2. The topological polar surface area (TPSA) is 94.1 Å². The second kappa shape index (κ2) is 12.6. The zero-order chi connectivity index (χ0) is 21.4. The lowest BCUT2D eigenvalue weighted by Gasteiger charge is -2.17. The monoisotopic (exact) mass is 548 g/mol. The first-order chi connectivity index (χ1) is 13.9. The number of nitrogens with one attached hydrogen (secondary N) is 2. The van der Waals surface area contributed by atoms with Crippen molar-refractivity contribution >= 4 is 47.2 Å². The SMILES string of the molecule is CCOC(=O)c1sc(C(C)NC(=NC)NCc2ccc(OC)cc2OC)nc1C.I. The molecule has 2 N–H and O–H groups in total. The van der Waals surface area contributed by atoms with Crippen molar-refractivity contribution in [3.05, 3.63) is 39.3 Å². The molecule has 0 saturated carbocycles. The molecule has 1 aromatic heterocycles. The molecule has 1 heterocycles. The predicted molar refractivity (Wildman–Crippen MR) is 130 cm³/mol. The summed E-state index contributed by atoms with van der Waals surface area (Å²) in [5.74, 6) is 1.74. The van der Waals surface area contributed by atoms with E-state index in [9.17, 15) is 4.79 Å². The minimum Gasteiger partial charge on any atom is -0.497 e. The lowest BCUT2D eigenvalue weighted by Crippen LogP contribution is -2.38. The largest absolute Gasteiger partial charge is 0.497 e. The van der Waals surface area contributed by atoms with Crippen LogP contribution < -0.4 is 20.1 Å². The van der Waals surface area contributed by atoms with Gasteiger partial charge in [-0.05, 0) is 32.9 Å². The van der Waals surface area contributed by atoms with Gasteiger partial charge in [0.25, 0.3) is 0 Å². The minimum absolute atomic E-state index is 0. The van der Waals surface area contributed by atoms with Crippen molar-refractivity contribution < 1.29 is 19.0 Å².